The lowest BCUT2D eigenvalue weighted by Crippen LogP contribution is -2.41. The molecular formula is C13H19N3O. The average Bonchev–Trinajstić information content (AvgIpc) is 3.05. The van der Waals surface area contributed by atoms with Crippen LogP contribution in [0.4, 0.5) is 4.79 Å². The van der Waals surface area contributed by atoms with Crippen molar-refractivity contribution in [2.75, 3.05) is 0 Å². The molecule has 3 rings (SSSR count). The van der Waals surface area contributed by atoms with E-state index in [0.29, 0.717) is 5.92 Å². The molecule has 1 amide bonds. The topological polar surface area (TPSA) is 46.9 Å². The van der Waals surface area contributed by atoms with Crippen LogP contribution in [0.15, 0.2) is 18.7 Å². The molecule has 0 saturated heterocycles. The molecule has 1 N–H and O–H groups in total. The van der Waals surface area contributed by atoms with Crippen LogP contribution >= 0.6 is 0 Å². The molecule has 0 aliphatic heterocycles. The fraction of sp³-hybridized carbons (Fsp3) is 0.692. The Hall–Kier alpha value is -1.32. The van der Waals surface area contributed by atoms with Gasteiger partial charge in [0.1, 0.15) is 6.33 Å². The van der Waals surface area contributed by atoms with Crippen molar-refractivity contribution in [3.63, 3.8) is 0 Å². The van der Waals surface area contributed by atoms with Gasteiger partial charge in [-0.2, -0.15) is 0 Å². The van der Waals surface area contributed by atoms with Gasteiger partial charge in [0.2, 0.25) is 0 Å². The van der Waals surface area contributed by atoms with Crippen LogP contribution in [0.2, 0.25) is 0 Å². The average molecular weight is 233 g/mol. The summed E-state index contributed by atoms with van der Waals surface area (Å²) in [5.74, 6) is 2.46. The van der Waals surface area contributed by atoms with Gasteiger partial charge < -0.3 is 5.32 Å². The summed E-state index contributed by atoms with van der Waals surface area (Å²) in [6.07, 6.45) is 10.3. The Morgan fingerprint density at radius 3 is 2.94 bits per heavy atom. The Bertz CT molecular complexity index is 401. The summed E-state index contributed by atoms with van der Waals surface area (Å²) in [6, 6.07) is 0.220. The van der Waals surface area contributed by atoms with Gasteiger partial charge in [-0.1, -0.05) is 6.42 Å². The van der Waals surface area contributed by atoms with Gasteiger partial charge in [0, 0.05) is 18.4 Å². The Morgan fingerprint density at radius 1 is 1.47 bits per heavy atom. The van der Waals surface area contributed by atoms with Crippen molar-refractivity contribution in [1.29, 1.82) is 0 Å². The molecule has 4 atom stereocenters. The second-order valence-corrected chi connectivity index (χ2v) is 5.55. The lowest BCUT2D eigenvalue weighted by molar-refractivity contribution is 0.221. The molecule has 2 aliphatic carbocycles. The largest absolute Gasteiger partial charge is 0.335 e. The monoisotopic (exact) mass is 233 g/mol. The van der Waals surface area contributed by atoms with Gasteiger partial charge in [-0.25, -0.2) is 9.78 Å². The number of aromatic nitrogens is 2. The maximum atomic E-state index is 11.9. The van der Waals surface area contributed by atoms with Gasteiger partial charge in [0.25, 0.3) is 0 Å². The number of rotatable bonds is 2. The zero-order valence-electron chi connectivity index (χ0n) is 10.2. The van der Waals surface area contributed by atoms with Crippen molar-refractivity contribution in [2.24, 2.45) is 17.8 Å². The first-order valence-corrected chi connectivity index (χ1v) is 6.53. The third kappa shape index (κ3) is 1.96. The molecule has 2 aliphatic rings. The minimum absolute atomic E-state index is 0.0576. The van der Waals surface area contributed by atoms with E-state index in [-0.39, 0.29) is 12.1 Å². The summed E-state index contributed by atoms with van der Waals surface area (Å²) < 4.78 is 1.50. The van der Waals surface area contributed by atoms with Crippen molar-refractivity contribution >= 4 is 6.03 Å². The first-order chi connectivity index (χ1) is 8.24. The van der Waals surface area contributed by atoms with Gasteiger partial charge in [-0.05, 0) is 43.9 Å². The number of amides is 1. The molecule has 1 aromatic rings. The molecule has 2 saturated carbocycles. The van der Waals surface area contributed by atoms with Crippen LogP contribution in [0.5, 0.6) is 0 Å². The molecule has 4 heteroatoms. The molecule has 2 fully saturated rings. The van der Waals surface area contributed by atoms with Gasteiger partial charge >= 0.3 is 6.03 Å². The van der Waals surface area contributed by atoms with Gasteiger partial charge in [0.05, 0.1) is 0 Å². The molecule has 4 nitrogen and oxygen atoms in total. The first-order valence-electron chi connectivity index (χ1n) is 6.53. The second kappa shape index (κ2) is 4.17. The van der Waals surface area contributed by atoms with Crippen LogP contribution in [0.1, 0.15) is 32.6 Å². The fourth-order valence-electron chi connectivity index (χ4n) is 3.66. The minimum atomic E-state index is -0.0576. The Labute approximate surface area is 101 Å². The maximum Gasteiger partial charge on any atom is 0.327 e. The van der Waals surface area contributed by atoms with E-state index >= 15 is 0 Å². The lowest BCUT2D eigenvalue weighted by atomic mass is 9.84. The number of imidazole rings is 1. The number of carbonyl (C=O) groups is 1. The summed E-state index contributed by atoms with van der Waals surface area (Å²) in [4.78, 5) is 15.8. The third-order valence-corrected chi connectivity index (χ3v) is 4.53. The molecular weight excluding hydrogens is 214 g/mol. The normalized spacial score (nSPS) is 32.6. The summed E-state index contributed by atoms with van der Waals surface area (Å²) in [5, 5.41) is 3.09. The third-order valence-electron chi connectivity index (χ3n) is 4.53. The van der Waals surface area contributed by atoms with Crippen LogP contribution in [-0.2, 0) is 0 Å². The number of nitrogens with one attached hydrogen (secondary N) is 1. The van der Waals surface area contributed by atoms with Crippen LogP contribution in [0, 0.1) is 17.8 Å². The van der Waals surface area contributed by atoms with Gasteiger partial charge in [-0.3, -0.25) is 4.57 Å². The van der Waals surface area contributed by atoms with E-state index in [1.165, 1.54) is 30.3 Å². The molecule has 2 bridgehead atoms. The van der Waals surface area contributed by atoms with Crippen molar-refractivity contribution in [3.8, 4) is 0 Å². The molecule has 92 valence electrons. The van der Waals surface area contributed by atoms with E-state index in [0.717, 1.165) is 11.8 Å². The van der Waals surface area contributed by atoms with Crippen LogP contribution in [0.25, 0.3) is 0 Å². The van der Waals surface area contributed by atoms with Crippen molar-refractivity contribution in [1.82, 2.24) is 14.9 Å². The lowest BCUT2D eigenvalue weighted by Gasteiger charge is -2.28. The van der Waals surface area contributed by atoms with Crippen LogP contribution in [-0.4, -0.2) is 21.6 Å². The number of nitrogens with zero attached hydrogens (tertiary/aromatic N) is 2. The number of fused-ring (bicyclic) bond motifs is 2. The highest BCUT2D eigenvalue weighted by molar-refractivity contribution is 5.76. The number of carbonyl (C=O) groups excluding carboxylic acids is 1. The Balaban J connectivity index is 1.60. The molecule has 0 aromatic carbocycles. The molecule has 0 unspecified atom stereocenters. The quantitative estimate of drug-likeness (QED) is 0.851. The summed E-state index contributed by atoms with van der Waals surface area (Å²) >= 11 is 0. The number of hydrogen-bond donors (Lipinski definition) is 1. The minimum Gasteiger partial charge on any atom is -0.335 e. The smallest absolute Gasteiger partial charge is 0.327 e. The zero-order valence-corrected chi connectivity index (χ0v) is 10.2. The van der Waals surface area contributed by atoms with E-state index in [9.17, 15) is 4.79 Å². The van der Waals surface area contributed by atoms with Crippen LogP contribution in [0.3, 0.4) is 0 Å². The Morgan fingerprint density at radius 2 is 2.35 bits per heavy atom. The van der Waals surface area contributed by atoms with E-state index < -0.39 is 0 Å². The molecule has 1 heterocycles. The predicted molar refractivity (Wildman–Crippen MR) is 64.6 cm³/mol. The fourth-order valence-corrected chi connectivity index (χ4v) is 3.66. The van der Waals surface area contributed by atoms with Crippen LogP contribution < -0.4 is 5.32 Å². The summed E-state index contributed by atoms with van der Waals surface area (Å²) in [5.41, 5.74) is 0. The molecule has 1 aromatic heterocycles. The van der Waals surface area contributed by atoms with Crippen molar-refractivity contribution in [3.05, 3.63) is 18.7 Å². The molecule has 0 radical (unpaired) electrons. The summed E-state index contributed by atoms with van der Waals surface area (Å²) in [7, 11) is 0. The second-order valence-electron chi connectivity index (χ2n) is 5.55. The van der Waals surface area contributed by atoms with E-state index in [1.807, 2.05) is 0 Å². The predicted octanol–water partition coefficient (Wildman–Crippen LogP) is 2.27. The van der Waals surface area contributed by atoms with Gasteiger partial charge in [-0.15, -0.1) is 0 Å². The van der Waals surface area contributed by atoms with E-state index in [2.05, 4.69) is 17.2 Å². The first kappa shape index (κ1) is 10.8. The summed E-state index contributed by atoms with van der Waals surface area (Å²) in [6.45, 7) is 2.14. The van der Waals surface area contributed by atoms with Crippen molar-refractivity contribution < 1.29 is 4.79 Å². The van der Waals surface area contributed by atoms with E-state index in [4.69, 9.17) is 0 Å². The maximum absolute atomic E-state index is 11.9. The molecule has 17 heavy (non-hydrogen) atoms. The van der Waals surface area contributed by atoms with E-state index in [1.54, 1.807) is 18.7 Å². The molecule has 0 spiro atoms. The highest BCUT2D eigenvalue weighted by atomic mass is 16.2. The Kier molecular flexibility index (Phi) is 2.65. The van der Waals surface area contributed by atoms with Crippen molar-refractivity contribution in [2.45, 2.75) is 38.6 Å². The zero-order chi connectivity index (χ0) is 11.8. The SMILES string of the molecule is C[C@H](NC(=O)n1ccnc1)[C@H]1C[C@H]2CC[C@H]1C2. The van der Waals surface area contributed by atoms with Gasteiger partial charge in [0.15, 0.2) is 0 Å². The highest BCUT2D eigenvalue weighted by Gasteiger charge is 2.42. The standard InChI is InChI=1S/C13H19N3O/c1-9(12-7-10-2-3-11(12)6-10)15-13(17)16-5-4-14-8-16/h4-5,8-12H,2-3,6-7H2,1H3,(H,15,17)/t9-,10-,11-,12+/m0/s1. The highest BCUT2D eigenvalue weighted by Crippen LogP contribution is 2.49. The number of hydrogen-bond acceptors (Lipinski definition) is 2.